The third-order valence-electron chi connectivity index (χ3n) is 5.95. The SMILES string of the molecule is CCCn1nccc1C(=O)N1CCCC(C2NNCC2c2ccc(F)cc2)C1. The molecular formula is C21H28FN5O. The Morgan fingerprint density at radius 2 is 2.11 bits per heavy atom. The first-order chi connectivity index (χ1) is 13.7. The Morgan fingerprint density at radius 1 is 1.29 bits per heavy atom. The van der Waals surface area contributed by atoms with Crippen LogP contribution in [0.5, 0.6) is 0 Å². The number of likely N-dealkylation sites (tertiary alicyclic amines) is 1. The van der Waals surface area contributed by atoms with Crippen LogP contribution in [0.3, 0.4) is 0 Å². The second kappa shape index (κ2) is 8.41. The molecule has 2 aliphatic rings. The molecule has 0 radical (unpaired) electrons. The van der Waals surface area contributed by atoms with Gasteiger partial charge in [0.15, 0.2) is 0 Å². The van der Waals surface area contributed by atoms with E-state index in [9.17, 15) is 9.18 Å². The van der Waals surface area contributed by atoms with Crippen LogP contribution < -0.4 is 10.9 Å². The standard InChI is InChI=1S/C21H28FN5O/c1-2-11-27-19(9-10-24-27)21(28)26-12-3-4-16(14-26)20-18(13-23-25-20)15-5-7-17(22)8-6-15/h5-10,16,18,20,23,25H,2-4,11-14H2,1H3. The van der Waals surface area contributed by atoms with Gasteiger partial charge in [0.1, 0.15) is 11.5 Å². The number of nitrogens with zero attached hydrogens (tertiary/aromatic N) is 3. The molecule has 0 spiro atoms. The van der Waals surface area contributed by atoms with Crippen molar-refractivity contribution in [2.45, 2.75) is 44.7 Å². The summed E-state index contributed by atoms with van der Waals surface area (Å²) in [6.07, 6.45) is 4.72. The van der Waals surface area contributed by atoms with Crippen molar-refractivity contribution in [2.24, 2.45) is 5.92 Å². The van der Waals surface area contributed by atoms with Crippen LogP contribution in [0.15, 0.2) is 36.5 Å². The van der Waals surface area contributed by atoms with Gasteiger partial charge in [-0.15, -0.1) is 0 Å². The van der Waals surface area contributed by atoms with Gasteiger partial charge in [-0.1, -0.05) is 19.1 Å². The highest BCUT2D eigenvalue weighted by atomic mass is 19.1. The van der Waals surface area contributed by atoms with Gasteiger partial charge in [0, 0.05) is 44.3 Å². The predicted octanol–water partition coefficient (Wildman–Crippen LogP) is 2.54. The fourth-order valence-corrected chi connectivity index (χ4v) is 4.55. The van der Waals surface area contributed by atoms with Gasteiger partial charge in [0.2, 0.25) is 0 Å². The third kappa shape index (κ3) is 3.82. The van der Waals surface area contributed by atoms with Crippen LogP contribution in [-0.2, 0) is 6.54 Å². The summed E-state index contributed by atoms with van der Waals surface area (Å²) in [5.74, 6) is 0.480. The average molecular weight is 385 g/mol. The summed E-state index contributed by atoms with van der Waals surface area (Å²) in [6, 6.07) is 8.83. The highest BCUT2D eigenvalue weighted by molar-refractivity contribution is 5.92. The van der Waals surface area contributed by atoms with Gasteiger partial charge in [0.25, 0.3) is 5.91 Å². The minimum Gasteiger partial charge on any atom is -0.337 e. The summed E-state index contributed by atoms with van der Waals surface area (Å²) in [5.41, 5.74) is 8.49. The fraction of sp³-hybridized carbons (Fsp3) is 0.524. The highest BCUT2D eigenvalue weighted by Gasteiger charge is 2.38. The molecule has 3 heterocycles. The van der Waals surface area contributed by atoms with Crippen molar-refractivity contribution >= 4 is 5.91 Å². The number of hydrogen-bond donors (Lipinski definition) is 2. The summed E-state index contributed by atoms with van der Waals surface area (Å²) in [6.45, 7) is 5.17. The number of carbonyl (C=O) groups is 1. The number of aryl methyl sites for hydroxylation is 1. The van der Waals surface area contributed by atoms with Gasteiger partial charge in [-0.05, 0) is 48.9 Å². The first-order valence-corrected chi connectivity index (χ1v) is 10.2. The summed E-state index contributed by atoms with van der Waals surface area (Å²) in [5, 5.41) is 4.29. The van der Waals surface area contributed by atoms with Crippen LogP contribution in [-0.4, -0.2) is 46.3 Å². The van der Waals surface area contributed by atoms with Crippen molar-refractivity contribution in [2.75, 3.05) is 19.6 Å². The van der Waals surface area contributed by atoms with E-state index >= 15 is 0 Å². The zero-order valence-electron chi connectivity index (χ0n) is 16.3. The molecule has 2 fully saturated rings. The zero-order chi connectivity index (χ0) is 19.5. The normalized spacial score (nSPS) is 25.2. The number of hydrazine groups is 1. The molecule has 2 N–H and O–H groups in total. The maximum atomic E-state index is 13.3. The first kappa shape index (κ1) is 19.1. The Kier molecular flexibility index (Phi) is 5.73. The molecule has 28 heavy (non-hydrogen) atoms. The molecule has 6 nitrogen and oxygen atoms in total. The average Bonchev–Trinajstić information content (AvgIpc) is 3.38. The Balaban J connectivity index is 1.47. The van der Waals surface area contributed by atoms with Gasteiger partial charge in [-0.3, -0.25) is 20.3 Å². The molecule has 1 aromatic heterocycles. The van der Waals surface area contributed by atoms with Crippen LogP contribution in [0.1, 0.15) is 48.2 Å². The van der Waals surface area contributed by atoms with Crippen LogP contribution >= 0.6 is 0 Å². The molecule has 7 heteroatoms. The highest BCUT2D eigenvalue weighted by Crippen LogP contribution is 2.32. The van der Waals surface area contributed by atoms with Gasteiger partial charge in [-0.2, -0.15) is 5.10 Å². The van der Waals surface area contributed by atoms with Crippen LogP contribution in [0, 0.1) is 11.7 Å². The maximum Gasteiger partial charge on any atom is 0.272 e. The smallest absolute Gasteiger partial charge is 0.272 e. The van der Waals surface area contributed by atoms with Crippen molar-refractivity contribution < 1.29 is 9.18 Å². The summed E-state index contributed by atoms with van der Waals surface area (Å²) >= 11 is 0. The van der Waals surface area contributed by atoms with Crippen LogP contribution in [0.4, 0.5) is 4.39 Å². The quantitative estimate of drug-likeness (QED) is 0.830. The molecule has 2 aromatic rings. The molecule has 3 unspecified atom stereocenters. The Morgan fingerprint density at radius 3 is 2.89 bits per heavy atom. The number of piperidine rings is 1. The number of carbonyl (C=O) groups excluding carboxylic acids is 1. The zero-order valence-corrected chi connectivity index (χ0v) is 16.3. The second-order valence-corrected chi connectivity index (χ2v) is 7.80. The van der Waals surface area contributed by atoms with Crippen molar-refractivity contribution in [3.8, 4) is 0 Å². The molecule has 2 saturated heterocycles. The van der Waals surface area contributed by atoms with E-state index in [0.29, 0.717) is 11.6 Å². The predicted molar refractivity (Wildman–Crippen MR) is 105 cm³/mol. The Bertz CT molecular complexity index is 805. The molecule has 0 bridgehead atoms. The van der Waals surface area contributed by atoms with Gasteiger partial charge in [-0.25, -0.2) is 4.39 Å². The number of halogens is 1. The van der Waals surface area contributed by atoms with Gasteiger partial charge in [0.05, 0.1) is 0 Å². The van der Waals surface area contributed by atoms with E-state index in [1.807, 2.05) is 27.8 Å². The molecule has 150 valence electrons. The lowest BCUT2D eigenvalue weighted by Crippen LogP contribution is -2.48. The molecule has 3 atom stereocenters. The molecule has 2 aliphatic heterocycles. The van der Waals surface area contributed by atoms with E-state index in [2.05, 4.69) is 22.9 Å². The van der Waals surface area contributed by atoms with E-state index in [1.165, 1.54) is 12.1 Å². The van der Waals surface area contributed by atoms with Gasteiger partial charge < -0.3 is 4.90 Å². The largest absolute Gasteiger partial charge is 0.337 e. The number of aromatic nitrogens is 2. The molecule has 4 rings (SSSR count). The fourth-order valence-electron chi connectivity index (χ4n) is 4.55. The van der Waals surface area contributed by atoms with E-state index in [-0.39, 0.29) is 23.7 Å². The summed E-state index contributed by atoms with van der Waals surface area (Å²) < 4.78 is 15.1. The van der Waals surface area contributed by atoms with E-state index in [1.54, 1.807) is 6.20 Å². The lowest BCUT2D eigenvalue weighted by Gasteiger charge is -2.37. The monoisotopic (exact) mass is 385 g/mol. The molecule has 0 saturated carbocycles. The van der Waals surface area contributed by atoms with Gasteiger partial charge >= 0.3 is 0 Å². The number of rotatable bonds is 5. The lowest BCUT2D eigenvalue weighted by molar-refractivity contribution is 0.0632. The molecule has 1 aromatic carbocycles. The Hall–Kier alpha value is -2.25. The maximum absolute atomic E-state index is 13.3. The minimum atomic E-state index is -0.211. The number of amides is 1. The number of nitrogens with one attached hydrogen (secondary N) is 2. The van der Waals surface area contributed by atoms with E-state index in [0.717, 1.165) is 51.0 Å². The van der Waals surface area contributed by atoms with Crippen molar-refractivity contribution in [1.82, 2.24) is 25.5 Å². The topological polar surface area (TPSA) is 62.2 Å². The molecule has 1 amide bonds. The number of hydrogen-bond acceptors (Lipinski definition) is 4. The molecule has 0 aliphatic carbocycles. The van der Waals surface area contributed by atoms with Crippen LogP contribution in [0.25, 0.3) is 0 Å². The van der Waals surface area contributed by atoms with Crippen molar-refractivity contribution in [3.05, 3.63) is 53.6 Å². The van der Waals surface area contributed by atoms with Crippen molar-refractivity contribution in [1.29, 1.82) is 0 Å². The van der Waals surface area contributed by atoms with E-state index in [4.69, 9.17) is 0 Å². The van der Waals surface area contributed by atoms with Crippen molar-refractivity contribution in [3.63, 3.8) is 0 Å². The molecular weight excluding hydrogens is 357 g/mol. The Labute approximate surface area is 165 Å². The number of benzene rings is 1. The third-order valence-corrected chi connectivity index (χ3v) is 5.95. The second-order valence-electron chi connectivity index (χ2n) is 7.80. The van der Waals surface area contributed by atoms with Crippen LogP contribution in [0.2, 0.25) is 0 Å². The lowest BCUT2D eigenvalue weighted by atomic mass is 9.81. The summed E-state index contributed by atoms with van der Waals surface area (Å²) in [7, 11) is 0. The minimum absolute atomic E-state index is 0.0694. The van der Waals surface area contributed by atoms with E-state index < -0.39 is 0 Å². The summed E-state index contributed by atoms with van der Waals surface area (Å²) in [4.78, 5) is 15.1. The first-order valence-electron chi connectivity index (χ1n) is 10.2.